The van der Waals surface area contributed by atoms with Crippen LogP contribution in [0.4, 0.5) is 18.6 Å². The summed E-state index contributed by atoms with van der Waals surface area (Å²) in [5, 5.41) is 0. The third kappa shape index (κ3) is 3.95. The highest BCUT2D eigenvalue weighted by Gasteiger charge is 2.23. The van der Waals surface area contributed by atoms with Gasteiger partial charge >= 0.3 is 6.98 Å². The summed E-state index contributed by atoms with van der Waals surface area (Å²) in [7, 11) is 1.45. The normalized spacial score (nSPS) is 11.5. The van der Waals surface area contributed by atoms with Crippen molar-refractivity contribution in [1.29, 1.82) is 0 Å². The van der Waals surface area contributed by atoms with E-state index in [1.54, 1.807) is 6.07 Å². The van der Waals surface area contributed by atoms with Crippen molar-refractivity contribution in [3.05, 3.63) is 18.2 Å². The highest BCUT2D eigenvalue weighted by Crippen LogP contribution is 2.31. The molecular weight excluding hydrogens is 226 g/mol. The lowest BCUT2D eigenvalue weighted by Gasteiger charge is -2.14. The number of nitrogens with two attached hydrogens (primary N) is 1. The maximum atomic E-state index is 12.0. The zero-order valence-electron chi connectivity index (χ0n) is 8.04. The van der Waals surface area contributed by atoms with Crippen molar-refractivity contribution < 1.29 is 17.7 Å². The first-order valence-corrected chi connectivity index (χ1v) is 5.18. The highest BCUT2D eigenvalue weighted by atomic mass is 32.2. The molecule has 0 aliphatic carbocycles. The second kappa shape index (κ2) is 4.70. The van der Waals surface area contributed by atoms with Gasteiger partial charge in [-0.05, 0) is 23.9 Å². The Morgan fingerprint density at radius 1 is 1.40 bits per heavy atom. The van der Waals surface area contributed by atoms with Gasteiger partial charge in [-0.15, -0.1) is 0 Å². The van der Waals surface area contributed by atoms with E-state index in [0.717, 1.165) is 0 Å². The number of halogens is 3. The number of hydrogen-bond acceptors (Lipinski definition) is 3. The number of benzene rings is 1. The topological polar surface area (TPSA) is 35.2 Å². The standard InChI is InChI=1S/C8H10BF3NOS/c1-14-6-2-3-7(13)8(4-6)15-5-9(10,11)12/h2-4H,5,13H2,1H3/q-1. The summed E-state index contributed by atoms with van der Waals surface area (Å²) in [6.45, 7) is -4.79. The fourth-order valence-electron chi connectivity index (χ4n) is 0.951. The average Bonchev–Trinajstić information content (AvgIpc) is 2.15. The van der Waals surface area contributed by atoms with E-state index in [9.17, 15) is 12.9 Å². The molecule has 2 N–H and O–H groups in total. The van der Waals surface area contributed by atoms with Crippen LogP contribution in [-0.2, 0) is 0 Å². The molecule has 0 unspecified atom stereocenters. The maximum absolute atomic E-state index is 12.0. The van der Waals surface area contributed by atoms with Gasteiger partial charge in [0.2, 0.25) is 0 Å². The van der Waals surface area contributed by atoms with Crippen LogP contribution in [0.2, 0.25) is 0 Å². The summed E-state index contributed by atoms with van der Waals surface area (Å²) in [6, 6.07) is 4.64. The molecule has 0 radical (unpaired) electrons. The van der Waals surface area contributed by atoms with E-state index in [0.29, 0.717) is 28.1 Å². The summed E-state index contributed by atoms with van der Waals surface area (Å²) < 4.78 is 41.0. The predicted octanol–water partition coefficient (Wildman–Crippen LogP) is 2.76. The molecule has 0 saturated carbocycles. The molecule has 0 spiro atoms. The minimum absolute atomic E-state index is 0.334. The van der Waals surface area contributed by atoms with Gasteiger partial charge in [0.1, 0.15) is 5.75 Å². The lowest BCUT2D eigenvalue weighted by atomic mass is 9.98. The van der Waals surface area contributed by atoms with Crippen molar-refractivity contribution in [3.8, 4) is 5.75 Å². The summed E-state index contributed by atoms with van der Waals surface area (Å²) in [5.74, 6) is 0.501. The number of ether oxygens (including phenoxy) is 1. The van der Waals surface area contributed by atoms with Crippen LogP contribution in [0.5, 0.6) is 5.75 Å². The van der Waals surface area contributed by atoms with Crippen LogP contribution in [0.3, 0.4) is 0 Å². The molecule has 84 valence electrons. The molecule has 0 atom stereocenters. The second-order valence-corrected chi connectivity index (χ2v) is 3.99. The van der Waals surface area contributed by atoms with Crippen LogP contribution >= 0.6 is 11.8 Å². The molecule has 0 fully saturated rings. The summed E-state index contributed by atoms with van der Waals surface area (Å²) in [6.07, 6.45) is 0. The SMILES string of the molecule is COc1ccc(N)c(SC[B-](F)(F)F)c1. The quantitative estimate of drug-likeness (QED) is 0.496. The van der Waals surface area contributed by atoms with E-state index < -0.39 is 12.6 Å². The number of hydrogen-bond donors (Lipinski definition) is 1. The number of thioether (sulfide) groups is 1. The summed E-state index contributed by atoms with van der Waals surface area (Å²) in [4.78, 5) is 0.397. The molecule has 2 nitrogen and oxygen atoms in total. The van der Waals surface area contributed by atoms with Crippen molar-refractivity contribution >= 4 is 24.4 Å². The Balaban J connectivity index is 2.75. The molecule has 0 heterocycles. The molecule has 1 aromatic carbocycles. The first-order valence-electron chi connectivity index (χ1n) is 4.19. The Morgan fingerprint density at radius 3 is 2.60 bits per heavy atom. The highest BCUT2D eigenvalue weighted by molar-refractivity contribution is 8.00. The second-order valence-electron chi connectivity index (χ2n) is 2.93. The minimum Gasteiger partial charge on any atom is -0.497 e. The van der Waals surface area contributed by atoms with Gasteiger partial charge in [-0.1, -0.05) is 0 Å². The number of rotatable bonds is 4. The fraction of sp³-hybridized carbons (Fsp3) is 0.250. The van der Waals surface area contributed by atoms with E-state index in [1.165, 1.54) is 19.2 Å². The molecule has 7 heteroatoms. The van der Waals surface area contributed by atoms with Crippen molar-refractivity contribution in [2.75, 3.05) is 18.5 Å². The Hall–Kier alpha value is -0.975. The number of anilines is 1. The summed E-state index contributed by atoms with van der Waals surface area (Å²) >= 11 is 0.681. The number of nitrogen functional groups attached to an aromatic ring is 1. The first kappa shape index (κ1) is 12.1. The zero-order chi connectivity index (χ0) is 11.5. The van der Waals surface area contributed by atoms with Gasteiger partial charge in [0.25, 0.3) is 0 Å². The monoisotopic (exact) mass is 236 g/mol. The van der Waals surface area contributed by atoms with Gasteiger partial charge in [0.15, 0.2) is 0 Å². The largest absolute Gasteiger partial charge is 0.497 e. The van der Waals surface area contributed by atoms with E-state index in [-0.39, 0.29) is 0 Å². The Morgan fingerprint density at radius 2 is 2.07 bits per heavy atom. The average molecular weight is 236 g/mol. The van der Waals surface area contributed by atoms with Crippen molar-refractivity contribution in [1.82, 2.24) is 0 Å². The van der Waals surface area contributed by atoms with E-state index in [1.807, 2.05) is 0 Å². The molecule has 1 aromatic rings. The Labute approximate surface area is 90.0 Å². The van der Waals surface area contributed by atoms with Gasteiger partial charge < -0.3 is 23.4 Å². The molecular formula is C8H10BF3NOS-. The first-order chi connectivity index (χ1) is 6.92. The molecule has 0 saturated heterocycles. The third-order valence-electron chi connectivity index (χ3n) is 1.65. The van der Waals surface area contributed by atoms with Crippen LogP contribution in [0, 0.1) is 0 Å². The number of methoxy groups -OCH3 is 1. The smallest absolute Gasteiger partial charge is 0.488 e. The van der Waals surface area contributed by atoms with Crippen LogP contribution in [0.1, 0.15) is 0 Å². The molecule has 0 aromatic heterocycles. The Bertz CT molecular complexity index is 345. The van der Waals surface area contributed by atoms with Gasteiger partial charge in [-0.3, -0.25) is 0 Å². The van der Waals surface area contributed by atoms with Crippen molar-refractivity contribution in [3.63, 3.8) is 0 Å². The molecule has 1 rings (SSSR count). The summed E-state index contributed by atoms with van der Waals surface area (Å²) in [5.41, 5.74) is 4.98. The molecule has 15 heavy (non-hydrogen) atoms. The van der Waals surface area contributed by atoms with Crippen molar-refractivity contribution in [2.24, 2.45) is 0 Å². The van der Waals surface area contributed by atoms with Crippen LogP contribution in [0.15, 0.2) is 23.1 Å². The van der Waals surface area contributed by atoms with Gasteiger partial charge in [-0.25, -0.2) is 0 Å². The van der Waals surface area contributed by atoms with Crippen LogP contribution in [0.25, 0.3) is 0 Å². The van der Waals surface area contributed by atoms with E-state index >= 15 is 0 Å². The lowest BCUT2D eigenvalue weighted by Crippen LogP contribution is -2.19. The van der Waals surface area contributed by atoms with Gasteiger partial charge in [-0.2, -0.15) is 11.8 Å². The Kier molecular flexibility index (Phi) is 3.79. The van der Waals surface area contributed by atoms with Crippen LogP contribution in [-0.4, -0.2) is 19.7 Å². The van der Waals surface area contributed by atoms with Crippen LogP contribution < -0.4 is 10.5 Å². The van der Waals surface area contributed by atoms with E-state index in [2.05, 4.69) is 0 Å². The molecule has 0 aliphatic rings. The molecule has 0 aliphatic heterocycles. The van der Waals surface area contributed by atoms with Gasteiger partial charge in [0, 0.05) is 10.6 Å². The van der Waals surface area contributed by atoms with E-state index in [4.69, 9.17) is 10.5 Å². The molecule has 0 amide bonds. The molecule has 0 bridgehead atoms. The third-order valence-corrected chi connectivity index (χ3v) is 2.86. The lowest BCUT2D eigenvalue weighted by molar-refractivity contribution is 0.414. The zero-order valence-corrected chi connectivity index (χ0v) is 8.86. The fourth-order valence-corrected chi connectivity index (χ4v) is 1.75. The maximum Gasteiger partial charge on any atom is 0.488 e. The minimum atomic E-state index is -4.79. The van der Waals surface area contributed by atoms with Crippen molar-refractivity contribution in [2.45, 2.75) is 4.90 Å². The predicted molar refractivity (Wildman–Crippen MR) is 57.2 cm³/mol. The van der Waals surface area contributed by atoms with Gasteiger partial charge in [0.05, 0.1) is 7.11 Å².